The van der Waals surface area contributed by atoms with Crippen LogP contribution in [0.2, 0.25) is 0 Å². The van der Waals surface area contributed by atoms with E-state index in [0.29, 0.717) is 17.0 Å². The minimum absolute atomic E-state index is 0.123. The SMILES string of the molecule is CCC(Sc1cc(C)ncn1)C(=O)Nc1sc2c(c1C(=O)OC)CCCC2. The maximum atomic E-state index is 12.9. The Hall–Kier alpha value is -1.93. The van der Waals surface area contributed by atoms with E-state index in [1.54, 1.807) is 0 Å². The molecule has 6 nitrogen and oxygen atoms in total. The summed E-state index contributed by atoms with van der Waals surface area (Å²) in [5, 5.41) is 4.06. The number of aromatic nitrogens is 2. The summed E-state index contributed by atoms with van der Waals surface area (Å²) in [5.41, 5.74) is 2.44. The van der Waals surface area contributed by atoms with E-state index in [2.05, 4.69) is 15.3 Å². The number of thioether (sulfide) groups is 1. The third-order valence-corrected chi connectivity index (χ3v) is 7.01. The zero-order chi connectivity index (χ0) is 19.4. The van der Waals surface area contributed by atoms with Crippen molar-refractivity contribution in [3.63, 3.8) is 0 Å². The van der Waals surface area contributed by atoms with Crippen LogP contribution in [0.4, 0.5) is 5.00 Å². The summed E-state index contributed by atoms with van der Waals surface area (Å²) in [6, 6.07) is 1.87. The summed E-state index contributed by atoms with van der Waals surface area (Å²) in [5.74, 6) is -0.501. The summed E-state index contributed by atoms with van der Waals surface area (Å²) >= 11 is 2.91. The number of esters is 1. The minimum Gasteiger partial charge on any atom is -0.465 e. The number of nitrogens with one attached hydrogen (secondary N) is 1. The monoisotopic (exact) mass is 405 g/mol. The van der Waals surface area contributed by atoms with E-state index < -0.39 is 0 Å². The van der Waals surface area contributed by atoms with Crippen molar-refractivity contribution in [1.29, 1.82) is 0 Å². The lowest BCUT2D eigenvalue weighted by Crippen LogP contribution is -2.25. The zero-order valence-corrected chi connectivity index (χ0v) is 17.3. The highest BCUT2D eigenvalue weighted by atomic mass is 32.2. The number of anilines is 1. The molecular weight excluding hydrogens is 382 g/mol. The number of carbonyl (C=O) groups excluding carboxylic acids is 2. The van der Waals surface area contributed by atoms with Crippen LogP contribution < -0.4 is 5.32 Å². The van der Waals surface area contributed by atoms with Gasteiger partial charge in [-0.25, -0.2) is 14.8 Å². The number of rotatable bonds is 6. The molecule has 8 heteroatoms. The van der Waals surface area contributed by atoms with Crippen LogP contribution >= 0.6 is 23.1 Å². The molecule has 2 heterocycles. The predicted octanol–water partition coefficient (Wildman–Crippen LogP) is 4.02. The number of fused-ring (bicyclic) bond motifs is 1. The Morgan fingerprint density at radius 3 is 2.81 bits per heavy atom. The average Bonchev–Trinajstić information content (AvgIpc) is 3.03. The number of nitrogens with zero attached hydrogens (tertiary/aromatic N) is 2. The number of thiophene rings is 1. The van der Waals surface area contributed by atoms with Crippen molar-refractivity contribution < 1.29 is 14.3 Å². The van der Waals surface area contributed by atoms with Crippen molar-refractivity contribution in [2.24, 2.45) is 0 Å². The summed E-state index contributed by atoms with van der Waals surface area (Å²) < 4.78 is 4.97. The van der Waals surface area contributed by atoms with Crippen LogP contribution in [0.25, 0.3) is 0 Å². The molecule has 0 fully saturated rings. The smallest absolute Gasteiger partial charge is 0.341 e. The lowest BCUT2D eigenvalue weighted by molar-refractivity contribution is -0.115. The molecule has 144 valence electrons. The Balaban J connectivity index is 1.81. The summed E-state index contributed by atoms with van der Waals surface area (Å²) in [6.45, 7) is 3.86. The molecule has 1 aliphatic carbocycles. The third-order valence-electron chi connectivity index (χ3n) is 4.50. The first-order valence-electron chi connectivity index (χ1n) is 9.02. The van der Waals surface area contributed by atoms with E-state index in [0.717, 1.165) is 42.0 Å². The largest absolute Gasteiger partial charge is 0.465 e. The molecule has 0 radical (unpaired) electrons. The third kappa shape index (κ3) is 4.50. The van der Waals surface area contributed by atoms with Gasteiger partial charge in [0.2, 0.25) is 5.91 Å². The lowest BCUT2D eigenvalue weighted by atomic mass is 9.95. The molecule has 2 aromatic heterocycles. The normalized spacial score (nSPS) is 14.3. The first-order chi connectivity index (χ1) is 13.0. The highest BCUT2D eigenvalue weighted by molar-refractivity contribution is 8.00. The van der Waals surface area contributed by atoms with Gasteiger partial charge in [-0.2, -0.15) is 0 Å². The molecule has 1 amide bonds. The van der Waals surface area contributed by atoms with Gasteiger partial charge in [-0.1, -0.05) is 18.7 Å². The van der Waals surface area contributed by atoms with Crippen LogP contribution in [0.3, 0.4) is 0 Å². The lowest BCUT2D eigenvalue weighted by Gasteiger charge is -2.14. The molecule has 3 rings (SSSR count). The first-order valence-corrected chi connectivity index (χ1v) is 10.7. The molecule has 1 unspecified atom stereocenters. The molecule has 0 spiro atoms. The molecule has 0 saturated heterocycles. The number of ether oxygens (including phenoxy) is 1. The number of hydrogen-bond acceptors (Lipinski definition) is 7. The van der Waals surface area contributed by atoms with E-state index in [4.69, 9.17) is 4.74 Å². The number of methoxy groups -OCH3 is 1. The van der Waals surface area contributed by atoms with Crippen LogP contribution in [0.1, 0.15) is 52.7 Å². The number of hydrogen-bond donors (Lipinski definition) is 1. The van der Waals surface area contributed by atoms with Gasteiger partial charge in [0.1, 0.15) is 16.4 Å². The Bertz CT molecular complexity index is 851. The Labute approximate surface area is 167 Å². The summed E-state index contributed by atoms with van der Waals surface area (Å²) in [6.07, 6.45) is 6.14. The van der Waals surface area contributed by atoms with Gasteiger partial charge in [0.15, 0.2) is 0 Å². The molecule has 0 aliphatic heterocycles. The van der Waals surface area contributed by atoms with Crippen molar-refractivity contribution in [3.8, 4) is 0 Å². The van der Waals surface area contributed by atoms with E-state index in [9.17, 15) is 9.59 Å². The number of carbonyl (C=O) groups is 2. The average molecular weight is 406 g/mol. The van der Waals surface area contributed by atoms with Crippen LogP contribution in [0, 0.1) is 6.92 Å². The Kier molecular flexibility index (Phi) is 6.49. The van der Waals surface area contributed by atoms with Crippen LogP contribution in [-0.2, 0) is 22.4 Å². The highest BCUT2D eigenvalue weighted by Gasteiger charge is 2.28. The van der Waals surface area contributed by atoms with Crippen LogP contribution in [0.5, 0.6) is 0 Å². The van der Waals surface area contributed by atoms with Gasteiger partial charge in [0, 0.05) is 10.6 Å². The van der Waals surface area contributed by atoms with Gasteiger partial charge in [-0.3, -0.25) is 4.79 Å². The maximum absolute atomic E-state index is 12.9. The van der Waals surface area contributed by atoms with Crippen LogP contribution in [0.15, 0.2) is 17.4 Å². The molecule has 0 saturated carbocycles. The molecule has 0 aromatic carbocycles. The summed E-state index contributed by atoms with van der Waals surface area (Å²) in [7, 11) is 1.38. The van der Waals surface area contributed by atoms with E-state index in [1.165, 1.54) is 41.4 Å². The van der Waals surface area contributed by atoms with Crippen LogP contribution in [-0.4, -0.2) is 34.2 Å². The maximum Gasteiger partial charge on any atom is 0.341 e. The fraction of sp³-hybridized carbons (Fsp3) is 0.474. The van der Waals surface area contributed by atoms with Gasteiger partial charge in [-0.05, 0) is 50.7 Å². The van der Waals surface area contributed by atoms with Crippen molar-refractivity contribution in [3.05, 3.63) is 34.1 Å². The van der Waals surface area contributed by atoms with Gasteiger partial charge < -0.3 is 10.1 Å². The van der Waals surface area contributed by atoms with E-state index in [-0.39, 0.29) is 17.1 Å². The van der Waals surface area contributed by atoms with E-state index >= 15 is 0 Å². The Morgan fingerprint density at radius 1 is 1.33 bits per heavy atom. The molecule has 1 N–H and O–H groups in total. The molecule has 2 aromatic rings. The number of aryl methyl sites for hydroxylation is 2. The van der Waals surface area contributed by atoms with Crippen molar-refractivity contribution in [1.82, 2.24) is 9.97 Å². The predicted molar refractivity (Wildman–Crippen MR) is 108 cm³/mol. The minimum atomic E-state index is -0.378. The second kappa shape index (κ2) is 8.84. The quantitative estimate of drug-likeness (QED) is 0.444. The second-order valence-electron chi connectivity index (χ2n) is 6.41. The van der Waals surface area contributed by atoms with Gasteiger partial charge in [0.25, 0.3) is 0 Å². The zero-order valence-electron chi connectivity index (χ0n) is 15.7. The van der Waals surface area contributed by atoms with E-state index in [1.807, 2.05) is 19.9 Å². The van der Waals surface area contributed by atoms with Crippen molar-refractivity contribution in [2.75, 3.05) is 12.4 Å². The summed E-state index contributed by atoms with van der Waals surface area (Å²) in [4.78, 5) is 34.7. The highest BCUT2D eigenvalue weighted by Crippen LogP contribution is 2.39. The van der Waals surface area contributed by atoms with Gasteiger partial charge in [0.05, 0.1) is 17.9 Å². The Morgan fingerprint density at radius 2 is 2.11 bits per heavy atom. The first kappa shape index (κ1) is 19.8. The van der Waals surface area contributed by atoms with Gasteiger partial charge in [-0.15, -0.1) is 11.3 Å². The fourth-order valence-corrected chi connectivity index (χ4v) is 5.38. The molecule has 1 aliphatic rings. The topological polar surface area (TPSA) is 81.2 Å². The van der Waals surface area contributed by atoms with Crippen molar-refractivity contribution in [2.45, 2.75) is 56.2 Å². The molecule has 0 bridgehead atoms. The molecule has 1 atom stereocenters. The van der Waals surface area contributed by atoms with Crippen molar-refractivity contribution >= 4 is 40.0 Å². The molecule has 27 heavy (non-hydrogen) atoms. The second-order valence-corrected chi connectivity index (χ2v) is 8.74. The van der Waals surface area contributed by atoms with Gasteiger partial charge >= 0.3 is 5.97 Å². The standard InChI is InChI=1S/C19H23N3O3S2/c1-4-13(26-15-9-11(2)20-10-21-15)17(23)22-18-16(19(24)25-3)12-7-5-6-8-14(12)27-18/h9-10,13H,4-8H2,1-3H3,(H,22,23). The molecular formula is C19H23N3O3S2. The fourth-order valence-electron chi connectivity index (χ4n) is 3.13. The number of amides is 1.